The van der Waals surface area contributed by atoms with Crippen LogP contribution in [0.15, 0.2) is 0 Å². The number of ether oxygens (including phenoxy) is 1. The number of nitrogens with zero attached hydrogens (tertiary/aromatic N) is 1. The average molecular weight is 145 g/mol. The molecule has 0 radical (unpaired) electrons. The van der Waals surface area contributed by atoms with E-state index in [1.54, 1.807) is 14.0 Å². The Balaban J connectivity index is 2.73. The van der Waals surface area contributed by atoms with Gasteiger partial charge in [0, 0.05) is 7.05 Å². The second kappa shape index (κ2) is 2.12. The first-order valence-electron chi connectivity index (χ1n) is 3.11. The molecule has 1 fully saturated rings. The highest BCUT2D eigenvalue weighted by Crippen LogP contribution is 2.20. The molecular weight excluding hydrogens is 134 g/mol. The van der Waals surface area contributed by atoms with Gasteiger partial charge in [-0.15, -0.1) is 0 Å². The van der Waals surface area contributed by atoms with Crippen molar-refractivity contribution in [3.05, 3.63) is 0 Å². The van der Waals surface area contributed by atoms with Gasteiger partial charge in [-0.25, -0.2) is 4.79 Å². The van der Waals surface area contributed by atoms with E-state index in [0.717, 1.165) is 0 Å². The minimum atomic E-state index is -0.517. The molecule has 4 nitrogen and oxygen atoms in total. The normalized spacial score (nSPS) is 32.7. The maximum atomic E-state index is 10.7. The zero-order valence-corrected chi connectivity index (χ0v) is 6.13. The lowest BCUT2D eigenvalue weighted by Gasteiger charge is -2.25. The number of aliphatic hydroxyl groups is 1. The molecule has 1 amide bonds. The van der Waals surface area contributed by atoms with Crippen LogP contribution in [-0.2, 0) is 4.74 Å². The first-order valence-corrected chi connectivity index (χ1v) is 3.11. The summed E-state index contributed by atoms with van der Waals surface area (Å²) in [6, 6.07) is 0. The van der Waals surface area contributed by atoms with E-state index in [1.807, 2.05) is 0 Å². The Morgan fingerprint density at radius 1 is 1.90 bits per heavy atom. The number of cyclic esters (lactones) is 1. The molecule has 0 bridgehead atoms. The van der Waals surface area contributed by atoms with E-state index in [0.29, 0.717) is 0 Å². The highest BCUT2D eigenvalue weighted by molar-refractivity contribution is 5.70. The summed E-state index contributed by atoms with van der Waals surface area (Å²) in [5.41, 5.74) is -0.517. The highest BCUT2D eigenvalue weighted by Gasteiger charge is 2.40. The summed E-state index contributed by atoms with van der Waals surface area (Å²) in [7, 11) is 1.62. The number of hydrogen-bond donors (Lipinski definition) is 1. The van der Waals surface area contributed by atoms with Crippen LogP contribution in [0.3, 0.4) is 0 Å². The van der Waals surface area contributed by atoms with Crippen LogP contribution < -0.4 is 0 Å². The molecule has 0 aromatic rings. The van der Waals surface area contributed by atoms with Crippen molar-refractivity contribution in [1.82, 2.24) is 4.90 Å². The summed E-state index contributed by atoms with van der Waals surface area (Å²) in [5.74, 6) is 0. The van der Waals surface area contributed by atoms with Crippen LogP contribution in [0.25, 0.3) is 0 Å². The summed E-state index contributed by atoms with van der Waals surface area (Å²) in [5, 5.41) is 8.84. The minimum absolute atomic E-state index is 0.0603. The number of carbonyl (C=O) groups is 1. The van der Waals surface area contributed by atoms with E-state index < -0.39 is 5.54 Å². The van der Waals surface area contributed by atoms with Gasteiger partial charge in [-0.3, -0.25) is 0 Å². The zero-order chi connectivity index (χ0) is 7.78. The van der Waals surface area contributed by atoms with Gasteiger partial charge in [0.05, 0.1) is 6.61 Å². The van der Waals surface area contributed by atoms with Gasteiger partial charge in [0.15, 0.2) is 0 Å². The molecule has 0 spiro atoms. The van der Waals surface area contributed by atoms with Gasteiger partial charge in [0.25, 0.3) is 0 Å². The molecule has 1 N–H and O–H groups in total. The Hall–Kier alpha value is -0.770. The Kier molecular flexibility index (Phi) is 1.56. The van der Waals surface area contributed by atoms with Gasteiger partial charge in [-0.1, -0.05) is 0 Å². The Labute approximate surface area is 59.4 Å². The molecular formula is C6H11NO3. The highest BCUT2D eigenvalue weighted by atomic mass is 16.6. The number of amides is 1. The van der Waals surface area contributed by atoms with Crippen molar-refractivity contribution in [2.45, 2.75) is 12.5 Å². The molecule has 1 atom stereocenters. The lowest BCUT2D eigenvalue weighted by atomic mass is 10.1. The van der Waals surface area contributed by atoms with Gasteiger partial charge < -0.3 is 14.7 Å². The fraction of sp³-hybridized carbons (Fsp3) is 0.833. The lowest BCUT2D eigenvalue weighted by Crippen LogP contribution is -2.44. The maximum absolute atomic E-state index is 10.7. The van der Waals surface area contributed by atoms with E-state index in [4.69, 9.17) is 9.84 Å². The van der Waals surface area contributed by atoms with Crippen molar-refractivity contribution in [2.24, 2.45) is 0 Å². The van der Waals surface area contributed by atoms with Crippen molar-refractivity contribution in [3.63, 3.8) is 0 Å². The largest absolute Gasteiger partial charge is 0.447 e. The van der Waals surface area contributed by atoms with Gasteiger partial charge in [0.2, 0.25) is 0 Å². The smallest absolute Gasteiger partial charge is 0.410 e. The monoisotopic (exact) mass is 145 g/mol. The van der Waals surface area contributed by atoms with Gasteiger partial charge in [0.1, 0.15) is 12.1 Å². The molecule has 4 heteroatoms. The summed E-state index contributed by atoms with van der Waals surface area (Å²) in [6.07, 6.45) is -0.364. The van der Waals surface area contributed by atoms with Crippen LogP contribution in [0.4, 0.5) is 4.79 Å². The van der Waals surface area contributed by atoms with Crippen LogP contribution in [0.2, 0.25) is 0 Å². The van der Waals surface area contributed by atoms with Crippen molar-refractivity contribution in [2.75, 3.05) is 20.3 Å². The molecule has 0 aromatic carbocycles. The number of likely N-dealkylation sites (N-methyl/N-ethyl adjacent to an activating group) is 1. The lowest BCUT2D eigenvalue weighted by molar-refractivity contribution is 0.116. The number of hydrogen-bond acceptors (Lipinski definition) is 3. The van der Waals surface area contributed by atoms with Crippen molar-refractivity contribution in [3.8, 4) is 0 Å². The zero-order valence-electron chi connectivity index (χ0n) is 6.13. The molecule has 1 saturated heterocycles. The van der Waals surface area contributed by atoms with Crippen LogP contribution in [0.1, 0.15) is 6.92 Å². The van der Waals surface area contributed by atoms with Crippen LogP contribution in [-0.4, -0.2) is 41.9 Å². The van der Waals surface area contributed by atoms with Crippen LogP contribution in [0.5, 0.6) is 0 Å². The van der Waals surface area contributed by atoms with E-state index in [1.165, 1.54) is 4.90 Å². The van der Waals surface area contributed by atoms with Gasteiger partial charge in [-0.05, 0) is 6.92 Å². The molecule has 1 rings (SSSR count). The second-order valence-corrected chi connectivity index (χ2v) is 2.77. The number of rotatable bonds is 1. The first-order chi connectivity index (χ1) is 4.60. The molecule has 1 aliphatic rings. The third-order valence-corrected chi connectivity index (χ3v) is 1.93. The fourth-order valence-electron chi connectivity index (χ4n) is 0.783. The topological polar surface area (TPSA) is 49.8 Å². The summed E-state index contributed by atoms with van der Waals surface area (Å²) in [4.78, 5) is 12.2. The van der Waals surface area contributed by atoms with Gasteiger partial charge >= 0.3 is 6.09 Å². The Morgan fingerprint density at radius 2 is 2.50 bits per heavy atom. The molecule has 0 aliphatic carbocycles. The van der Waals surface area contributed by atoms with Crippen molar-refractivity contribution < 1.29 is 14.6 Å². The van der Waals surface area contributed by atoms with Crippen LogP contribution >= 0.6 is 0 Å². The average Bonchev–Trinajstić information content (AvgIpc) is 2.19. The molecule has 0 saturated carbocycles. The number of carbonyl (C=O) groups excluding carboxylic acids is 1. The van der Waals surface area contributed by atoms with Crippen molar-refractivity contribution in [1.29, 1.82) is 0 Å². The van der Waals surface area contributed by atoms with E-state index >= 15 is 0 Å². The summed E-state index contributed by atoms with van der Waals surface area (Å²) >= 11 is 0. The second-order valence-electron chi connectivity index (χ2n) is 2.77. The Morgan fingerprint density at radius 3 is 2.70 bits per heavy atom. The standard InChI is InChI=1S/C6H11NO3/c1-6(3-8)4-10-5(9)7(6)2/h8H,3-4H2,1-2H3. The quantitative estimate of drug-likeness (QED) is 0.556. The predicted octanol–water partition coefficient (Wildman–Crippen LogP) is -0.181. The van der Waals surface area contributed by atoms with Crippen molar-refractivity contribution >= 4 is 6.09 Å². The molecule has 58 valence electrons. The van der Waals surface area contributed by atoms with E-state index in [2.05, 4.69) is 0 Å². The molecule has 10 heavy (non-hydrogen) atoms. The Bertz CT molecular complexity index is 159. The van der Waals surface area contributed by atoms with Crippen LogP contribution in [0, 0.1) is 0 Å². The van der Waals surface area contributed by atoms with E-state index in [9.17, 15) is 4.79 Å². The summed E-state index contributed by atoms with van der Waals surface area (Å²) < 4.78 is 4.70. The maximum Gasteiger partial charge on any atom is 0.410 e. The first kappa shape index (κ1) is 7.34. The molecule has 1 unspecified atom stereocenters. The van der Waals surface area contributed by atoms with E-state index in [-0.39, 0.29) is 19.3 Å². The molecule has 0 aromatic heterocycles. The molecule has 1 heterocycles. The number of aliphatic hydroxyl groups excluding tert-OH is 1. The molecule has 1 aliphatic heterocycles. The predicted molar refractivity (Wildman–Crippen MR) is 34.6 cm³/mol. The minimum Gasteiger partial charge on any atom is -0.447 e. The summed E-state index contributed by atoms with van der Waals surface area (Å²) in [6.45, 7) is 1.99. The third kappa shape index (κ3) is 0.844. The fourth-order valence-corrected chi connectivity index (χ4v) is 0.783. The van der Waals surface area contributed by atoms with Gasteiger partial charge in [-0.2, -0.15) is 0 Å². The SMILES string of the molecule is CN1C(=O)OCC1(C)CO. The third-order valence-electron chi connectivity index (χ3n) is 1.93.